The fourth-order valence-electron chi connectivity index (χ4n) is 4.05. The van der Waals surface area contributed by atoms with Gasteiger partial charge in [0.05, 0.1) is 18.3 Å². The van der Waals surface area contributed by atoms with Crippen molar-refractivity contribution in [2.75, 3.05) is 19.1 Å². The smallest absolute Gasteiger partial charge is 0.496 e. The maximum Gasteiger partial charge on any atom is 0.498 e. The van der Waals surface area contributed by atoms with Gasteiger partial charge in [0.2, 0.25) is 5.95 Å². The molecule has 0 bridgehead atoms. The molecular formula is C22H30BN3O3. The summed E-state index contributed by atoms with van der Waals surface area (Å²) < 4.78 is 17.7. The molecule has 1 fully saturated rings. The highest BCUT2D eigenvalue weighted by molar-refractivity contribution is 6.61. The lowest BCUT2D eigenvalue weighted by Gasteiger charge is -2.33. The third kappa shape index (κ3) is 3.62. The van der Waals surface area contributed by atoms with E-state index in [1.54, 1.807) is 7.11 Å². The molecule has 0 N–H and O–H groups in total. The highest BCUT2D eigenvalue weighted by Crippen LogP contribution is 2.36. The largest absolute Gasteiger partial charge is 0.498 e. The molecule has 2 heterocycles. The van der Waals surface area contributed by atoms with Gasteiger partial charge in [0.1, 0.15) is 5.75 Å². The number of likely N-dealkylation sites (N-methyl/N-ethyl adjacent to an activating group) is 1. The Morgan fingerprint density at radius 2 is 1.76 bits per heavy atom. The molecular weight excluding hydrogens is 365 g/mol. The number of hydrogen-bond acceptors (Lipinski definition) is 6. The Bertz CT molecular complexity index is 869. The molecule has 1 aromatic heterocycles. The van der Waals surface area contributed by atoms with Crippen LogP contribution in [0.25, 0.3) is 0 Å². The Balaban J connectivity index is 1.47. The summed E-state index contributed by atoms with van der Waals surface area (Å²) in [7, 11) is 3.37. The van der Waals surface area contributed by atoms with Crippen molar-refractivity contribution in [1.29, 1.82) is 0 Å². The molecule has 2 aliphatic rings. The predicted molar refractivity (Wildman–Crippen MR) is 115 cm³/mol. The number of methoxy groups -OCH3 is 1. The normalized spacial score (nSPS) is 22.3. The second-order valence-electron chi connectivity index (χ2n) is 9.01. The third-order valence-electron chi connectivity index (χ3n) is 6.68. The zero-order chi connectivity index (χ0) is 20.8. The number of fused-ring (bicyclic) bond motifs is 1. The molecule has 154 valence electrons. The van der Waals surface area contributed by atoms with E-state index in [1.165, 1.54) is 11.1 Å². The zero-order valence-electron chi connectivity index (χ0n) is 18.2. The summed E-state index contributed by atoms with van der Waals surface area (Å²) in [5.74, 6) is 1.72. The van der Waals surface area contributed by atoms with Crippen molar-refractivity contribution in [3.63, 3.8) is 0 Å². The van der Waals surface area contributed by atoms with Crippen LogP contribution in [0.2, 0.25) is 0 Å². The van der Waals surface area contributed by atoms with Crippen LogP contribution in [0.4, 0.5) is 5.95 Å². The van der Waals surface area contributed by atoms with Crippen molar-refractivity contribution in [1.82, 2.24) is 9.97 Å². The van der Waals surface area contributed by atoms with Crippen LogP contribution in [0.3, 0.4) is 0 Å². The Kier molecular flexibility index (Phi) is 5.07. The van der Waals surface area contributed by atoms with E-state index in [0.717, 1.165) is 36.4 Å². The van der Waals surface area contributed by atoms with E-state index in [4.69, 9.17) is 14.0 Å². The number of rotatable bonds is 4. The van der Waals surface area contributed by atoms with Gasteiger partial charge < -0.3 is 18.9 Å². The standard InChI is InChI=1S/C22H30BN3O3/c1-21(2)22(3,4)29-23(28-21)16-13-24-20(25-14-16)26(5)17-10-11-18-15(12-17)8-7-9-19(18)27-6/h7-9,13-14,17H,10-12H2,1-6H3/t17-/m0/s1. The van der Waals surface area contributed by atoms with Gasteiger partial charge in [0, 0.05) is 30.9 Å². The lowest BCUT2D eigenvalue weighted by atomic mass is 9.81. The summed E-state index contributed by atoms with van der Waals surface area (Å²) >= 11 is 0. The van der Waals surface area contributed by atoms with Crippen LogP contribution in [0.15, 0.2) is 30.6 Å². The second-order valence-corrected chi connectivity index (χ2v) is 9.01. The molecule has 0 saturated carbocycles. The van der Waals surface area contributed by atoms with Gasteiger partial charge in [0.15, 0.2) is 0 Å². The number of anilines is 1. The molecule has 1 atom stereocenters. The van der Waals surface area contributed by atoms with Crippen molar-refractivity contribution in [3.8, 4) is 5.75 Å². The van der Waals surface area contributed by atoms with E-state index < -0.39 is 7.12 Å². The Morgan fingerprint density at radius 3 is 2.38 bits per heavy atom. The van der Waals surface area contributed by atoms with E-state index in [9.17, 15) is 0 Å². The molecule has 0 amide bonds. The molecule has 0 unspecified atom stereocenters. The Morgan fingerprint density at radius 1 is 1.10 bits per heavy atom. The molecule has 7 heteroatoms. The molecule has 6 nitrogen and oxygen atoms in total. The SMILES string of the molecule is COc1cccc2c1CC[C@H](N(C)c1ncc(B3OC(C)(C)C(C)(C)O3)cn1)C2. The lowest BCUT2D eigenvalue weighted by molar-refractivity contribution is 0.00578. The first-order valence-electron chi connectivity index (χ1n) is 10.3. The summed E-state index contributed by atoms with van der Waals surface area (Å²) in [5, 5.41) is 0. The number of benzene rings is 1. The van der Waals surface area contributed by atoms with Crippen LogP contribution in [0.5, 0.6) is 5.75 Å². The van der Waals surface area contributed by atoms with E-state index in [2.05, 4.69) is 34.0 Å². The minimum Gasteiger partial charge on any atom is -0.496 e. The van der Waals surface area contributed by atoms with Crippen LogP contribution >= 0.6 is 0 Å². The molecule has 1 saturated heterocycles. The van der Waals surface area contributed by atoms with Crippen LogP contribution < -0.4 is 15.1 Å². The average molecular weight is 395 g/mol. The number of ether oxygens (including phenoxy) is 1. The average Bonchev–Trinajstić information content (AvgIpc) is 2.93. The summed E-state index contributed by atoms with van der Waals surface area (Å²) in [6, 6.07) is 6.66. The highest BCUT2D eigenvalue weighted by atomic mass is 16.7. The van der Waals surface area contributed by atoms with Gasteiger partial charge >= 0.3 is 7.12 Å². The van der Waals surface area contributed by atoms with E-state index >= 15 is 0 Å². The molecule has 29 heavy (non-hydrogen) atoms. The Labute approximate surface area is 173 Å². The second kappa shape index (κ2) is 7.29. The van der Waals surface area contributed by atoms with E-state index in [0.29, 0.717) is 6.04 Å². The van der Waals surface area contributed by atoms with Crippen molar-refractivity contribution in [2.45, 2.75) is 64.2 Å². The third-order valence-corrected chi connectivity index (χ3v) is 6.68. The van der Waals surface area contributed by atoms with Gasteiger partial charge in [-0.3, -0.25) is 0 Å². The molecule has 0 spiro atoms. The van der Waals surface area contributed by atoms with Crippen molar-refractivity contribution in [2.24, 2.45) is 0 Å². The van der Waals surface area contributed by atoms with Gasteiger partial charge in [-0.15, -0.1) is 0 Å². The van der Waals surface area contributed by atoms with Gasteiger partial charge in [-0.05, 0) is 64.2 Å². The maximum absolute atomic E-state index is 6.10. The van der Waals surface area contributed by atoms with Crippen molar-refractivity contribution in [3.05, 3.63) is 41.7 Å². The summed E-state index contributed by atoms with van der Waals surface area (Å²) in [4.78, 5) is 11.4. The monoisotopic (exact) mass is 395 g/mol. The maximum atomic E-state index is 6.10. The Hall–Kier alpha value is -2.12. The van der Waals surface area contributed by atoms with E-state index in [1.807, 2.05) is 46.2 Å². The molecule has 4 rings (SSSR count). The number of nitrogens with zero attached hydrogens (tertiary/aromatic N) is 3. The zero-order valence-corrected chi connectivity index (χ0v) is 18.2. The van der Waals surface area contributed by atoms with Crippen molar-refractivity contribution < 1.29 is 14.0 Å². The first-order valence-corrected chi connectivity index (χ1v) is 10.3. The minimum absolute atomic E-state index is 0.359. The first-order chi connectivity index (χ1) is 13.7. The van der Waals surface area contributed by atoms with Crippen LogP contribution in [-0.4, -0.2) is 48.5 Å². The van der Waals surface area contributed by atoms with Crippen LogP contribution in [0, 0.1) is 0 Å². The fourth-order valence-corrected chi connectivity index (χ4v) is 4.05. The molecule has 1 aliphatic heterocycles. The fraction of sp³-hybridized carbons (Fsp3) is 0.545. The predicted octanol–water partition coefficient (Wildman–Crippen LogP) is 2.78. The van der Waals surface area contributed by atoms with Gasteiger partial charge in [-0.2, -0.15) is 0 Å². The summed E-state index contributed by atoms with van der Waals surface area (Å²) in [5.41, 5.74) is 2.78. The molecule has 1 aromatic carbocycles. The number of hydrogen-bond donors (Lipinski definition) is 0. The molecule has 1 aliphatic carbocycles. The van der Waals surface area contributed by atoms with Gasteiger partial charge in [-0.1, -0.05) is 12.1 Å². The minimum atomic E-state index is -0.437. The quantitative estimate of drug-likeness (QED) is 0.743. The molecule has 2 aromatic rings. The first kappa shape index (κ1) is 20.2. The van der Waals surface area contributed by atoms with Crippen LogP contribution in [0.1, 0.15) is 45.2 Å². The van der Waals surface area contributed by atoms with Crippen molar-refractivity contribution >= 4 is 18.5 Å². The summed E-state index contributed by atoms with van der Waals surface area (Å²) in [6.45, 7) is 8.19. The molecule has 0 radical (unpaired) electrons. The summed E-state index contributed by atoms with van der Waals surface area (Å²) in [6.07, 6.45) is 6.65. The van der Waals surface area contributed by atoms with Gasteiger partial charge in [-0.25, -0.2) is 9.97 Å². The lowest BCUT2D eigenvalue weighted by Crippen LogP contribution is -2.41. The van der Waals surface area contributed by atoms with Gasteiger partial charge in [0.25, 0.3) is 0 Å². The van der Waals surface area contributed by atoms with E-state index in [-0.39, 0.29) is 11.2 Å². The topological polar surface area (TPSA) is 56.7 Å². The highest BCUT2D eigenvalue weighted by Gasteiger charge is 2.52. The van der Waals surface area contributed by atoms with Crippen LogP contribution in [-0.2, 0) is 22.2 Å². The number of aromatic nitrogens is 2.